The molecule has 2 saturated heterocycles. The minimum atomic E-state index is -1.59. The molecule has 0 unspecified atom stereocenters. The molecule has 2 aliphatic rings. The van der Waals surface area contributed by atoms with Crippen LogP contribution in [0.2, 0.25) is 0 Å². The second-order valence-electron chi connectivity index (χ2n) is 6.39. The summed E-state index contributed by atoms with van der Waals surface area (Å²) in [6.45, 7) is 0.213. The van der Waals surface area contributed by atoms with Gasteiger partial charge in [-0.2, -0.15) is 0 Å². The summed E-state index contributed by atoms with van der Waals surface area (Å²) in [4.78, 5) is 11.1. The van der Waals surface area contributed by atoms with Gasteiger partial charge < -0.3 is 55.9 Å². The fourth-order valence-electron chi connectivity index (χ4n) is 2.92. The van der Waals surface area contributed by atoms with Gasteiger partial charge in [0.25, 0.3) is 0 Å². The number of nitrogens with two attached hydrogens (primary N) is 1. The van der Waals surface area contributed by atoms with E-state index in [0.717, 1.165) is 0 Å². The van der Waals surface area contributed by atoms with Gasteiger partial charge in [0, 0.05) is 6.92 Å². The molecule has 10 atom stereocenters. The van der Waals surface area contributed by atoms with E-state index in [-0.39, 0.29) is 6.61 Å². The summed E-state index contributed by atoms with van der Waals surface area (Å²) in [5.41, 5.74) is 5.72. The Bertz CT molecular complexity index is 481. The Kier molecular flexibility index (Phi) is 7.27. The summed E-state index contributed by atoms with van der Waals surface area (Å²) in [6.07, 6.45) is -11.0. The van der Waals surface area contributed by atoms with Gasteiger partial charge in [0.15, 0.2) is 12.6 Å². The lowest BCUT2D eigenvalue weighted by molar-refractivity contribution is -0.295. The number of nitrogens with one attached hydrogen (secondary N) is 1. The molecule has 0 radical (unpaired) electrons. The topological polar surface area (TPSA) is 204 Å². The molecule has 12 heteroatoms. The average Bonchev–Trinajstić information content (AvgIpc) is 2.59. The summed E-state index contributed by atoms with van der Waals surface area (Å²) in [6, 6.07) is -2.36. The quantitative estimate of drug-likeness (QED) is 0.225. The van der Waals surface area contributed by atoms with Crippen molar-refractivity contribution in [1.29, 1.82) is 0 Å². The van der Waals surface area contributed by atoms with Crippen LogP contribution in [-0.2, 0) is 19.0 Å². The minimum absolute atomic E-state index is 0.387. The van der Waals surface area contributed by atoms with Crippen LogP contribution in [-0.4, -0.2) is 111 Å². The summed E-state index contributed by atoms with van der Waals surface area (Å²) in [7, 11) is 0. The van der Waals surface area contributed by atoms with Crippen LogP contribution in [0.1, 0.15) is 6.92 Å². The van der Waals surface area contributed by atoms with Crippen molar-refractivity contribution in [2.75, 3.05) is 13.2 Å². The van der Waals surface area contributed by atoms with E-state index in [9.17, 15) is 30.3 Å². The number of hydrogen-bond donors (Lipinski definition) is 8. The largest absolute Gasteiger partial charge is 0.394 e. The zero-order valence-electron chi connectivity index (χ0n) is 14.1. The third-order valence-corrected chi connectivity index (χ3v) is 4.44. The Hall–Kier alpha value is -0.930. The van der Waals surface area contributed by atoms with Crippen molar-refractivity contribution in [3.8, 4) is 0 Å². The first-order valence-corrected chi connectivity index (χ1v) is 8.13. The van der Waals surface area contributed by atoms with E-state index in [2.05, 4.69) is 5.32 Å². The fraction of sp³-hybridized carbons (Fsp3) is 0.929. The lowest BCUT2D eigenvalue weighted by Gasteiger charge is -2.43. The van der Waals surface area contributed by atoms with E-state index >= 15 is 0 Å². The molecule has 12 nitrogen and oxygen atoms in total. The van der Waals surface area contributed by atoms with Crippen molar-refractivity contribution >= 4 is 5.91 Å². The Morgan fingerprint density at radius 1 is 1.04 bits per heavy atom. The molecule has 0 aromatic rings. The van der Waals surface area contributed by atoms with E-state index in [1.807, 2.05) is 0 Å². The number of aliphatic hydroxyl groups excluding tert-OH is 6. The number of carbonyl (C=O) groups is 1. The molecular formula is C14H26N2O10. The first-order valence-electron chi connectivity index (χ1n) is 8.13. The maximum atomic E-state index is 11.1. The maximum Gasteiger partial charge on any atom is 0.217 e. The molecule has 2 aliphatic heterocycles. The summed E-state index contributed by atoms with van der Waals surface area (Å²) in [5.74, 6) is -0.525. The molecule has 2 rings (SSSR count). The van der Waals surface area contributed by atoms with Gasteiger partial charge in [0.05, 0.1) is 19.3 Å². The maximum absolute atomic E-state index is 11.1. The predicted molar refractivity (Wildman–Crippen MR) is 82.2 cm³/mol. The van der Waals surface area contributed by atoms with Crippen LogP contribution < -0.4 is 11.1 Å². The third kappa shape index (κ3) is 4.48. The molecule has 0 bridgehead atoms. The SMILES string of the molecule is CC(=O)N[C@@H]1[C@@H](O)[C@H](O)[C@@H](CO[C@H]2O[C@H](CO)[C@@H](O)[C@H](O)[C@H]2N)O[C@H]1O. The van der Waals surface area contributed by atoms with Crippen molar-refractivity contribution < 1.29 is 49.6 Å². The Morgan fingerprint density at radius 2 is 1.65 bits per heavy atom. The Balaban J connectivity index is 1.95. The number of hydrogen-bond acceptors (Lipinski definition) is 11. The zero-order valence-corrected chi connectivity index (χ0v) is 14.1. The van der Waals surface area contributed by atoms with Gasteiger partial charge in [-0.05, 0) is 0 Å². The molecule has 0 aromatic carbocycles. The molecule has 0 saturated carbocycles. The molecule has 1 amide bonds. The minimum Gasteiger partial charge on any atom is -0.394 e. The Morgan fingerprint density at radius 3 is 2.23 bits per heavy atom. The van der Waals surface area contributed by atoms with Crippen LogP contribution in [0, 0.1) is 0 Å². The van der Waals surface area contributed by atoms with Gasteiger partial charge in [-0.1, -0.05) is 0 Å². The van der Waals surface area contributed by atoms with Crippen LogP contribution in [0.15, 0.2) is 0 Å². The van der Waals surface area contributed by atoms with E-state index in [4.69, 9.17) is 25.1 Å². The second-order valence-corrected chi connectivity index (χ2v) is 6.39. The third-order valence-electron chi connectivity index (χ3n) is 4.44. The lowest BCUT2D eigenvalue weighted by atomic mass is 9.96. The van der Waals surface area contributed by atoms with E-state index in [1.165, 1.54) is 6.92 Å². The summed E-state index contributed by atoms with van der Waals surface area (Å²) in [5, 5.41) is 61.1. The van der Waals surface area contributed by atoms with Gasteiger partial charge in [-0.15, -0.1) is 0 Å². The number of carbonyl (C=O) groups excluding carboxylic acids is 1. The molecule has 2 heterocycles. The van der Waals surface area contributed by atoms with Crippen molar-refractivity contribution in [1.82, 2.24) is 5.32 Å². The standard InChI is InChI=1S/C14H26N2O10/c1-4(18)16-8-12(22)10(20)6(25-13(8)23)3-24-14-7(15)11(21)9(19)5(2-17)26-14/h5-14,17,19-23H,2-3,15H2,1H3,(H,16,18)/t5-,6-,7-,8-,9-,10-,11-,12-,13-,14+/m1/s1. The zero-order chi connectivity index (χ0) is 19.6. The fourth-order valence-corrected chi connectivity index (χ4v) is 2.92. The molecule has 26 heavy (non-hydrogen) atoms. The van der Waals surface area contributed by atoms with Gasteiger partial charge in [0.1, 0.15) is 42.7 Å². The number of aliphatic hydroxyl groups is 6. The van der Waals surface area contributed by atoms with Gasteiger partial charge >= 0.3 is 0 Å². The molecule has 0 aliphatic carbocycles. The molecule has 0 spiro atoms. The Labute approximate surface area is 149 Å². The first-order chi connectivity index (χ1) is 12.2. The molecular weight excluding hydrogens is 356 g/mol. The van der Waals surface area contributed by atoms with Crippen LogP contribution in [0.3, 0.4) is 0 Å². The van der Waals surface area contributed by atoms with Crippen molar-refractivity contribution in [3.05, 3.63) is 0 Å². The molecule has 9 N–H and O–H groups in total. The molecule has 152 valence electrons. The van der Waals surface area contributed by atoms with Crippen LogP contribution in [0.4, 0.5) is 0 Å². The van der Waals surface area contributed by atoms with Crippen molar-refractivity contribution in [2.24, 2.45) is 5.73 Å². The number of ether oxygens (including phenoxy) is 3. The highest BCUT2D eigenvalue weighted by atomic mass is 16.7. The summed E-state index contributed by atoms with van der Waals surface area (Å²) < 4.78 is 15.8. The number of rotatable bonds is 5. The van der Waals surface area contributed by atoms with E-state index in [0.29, 0.717) is 0 Å². The van der Waals surface area contributed by atoms with Gasteiger partial charge in [0.2, 0.25) is 5.91 Å². The normalized spacial score (nSPS) is 46.8. The first kappa shape index (κ1) is 21.4. The predicted octanol–water partition coefficient (Wildman–Crippen LogP) is -5.29. The smallest absolute Gasteiger partial charge is 0.217 e. The van der Waals surface area contributed by atoms with Crippen LogP contribution in [0.25, 0.3) is 0 Å². The monoisotopic (exact) mass is 382 g/mol. The van der Waals surface area contributed by atoms with E-state index < -0.39 is 73.8 Å². The van der Waals surface area contributed by atoms with Crippen LogP contribution in [0.5, 0.6) is 0 Å². The molecule has 0 aromatic heterocycles. The van der Waals surface area contributed by atoms with E-state index in [1.54, 1.807) is 0 Å². The van der Waals surface area contributed by atoms with Gasteiger partial charge in [-0.25, -0.2) is 0 Å². The number of amides is 1. The van der Waals surface area contributed by atoms with Crippen molar-refractivity contribution in [2.45, 2.75) is 68.2 Å². The molecule has 2 fully saturated rings. The highest BCUT2D eigenvalue weighted by molar-refractivity contribution is 5.73. The average molecular weight is 382 g/mol. The van der Waals surface area contributed by atoms with Crippen LogP contribution >= 0.6 is 0 Å². The lowest BCUT2D eigenvalue weighted by Crippen LogP contribution is -2.65. The van der Waals surface area contributed by atoms with Gasteiger partial charge in [-0.3, -0.25) is 4.79 Å². The summed E-state index contributed by atoms with van der Waals surface area (Å²) >= 11 is 0. The highest BCUT2D eigenvalue weighted by Crippen LogP contribution is 2.24. The second kappa shape index (κ2) is 8.84. The highest BCUT2D eigenvalue weighted by Gasteiger charge is 2.46. The van der Waals surface area contributed by atoms with Crippen molar-refractivity contribution in [3.63, 3.8) is 0 Å².